The van der Waals surface area contributed by atoms with Gasteiger partial charge < -0.3 is 24.6 Å². The average molecular weight is 646 g/mol. The lowest BCUT2D eigenvalue weighted by Gasteiger charge is -2.43. The molecule has 0 bridgehead atoms. The van der Waals surface area contributed by atoms with Gasteiger partial charge in [-0.05, 0) is 37.6 Å². The van der Waals surface area contributed by atoms with E-state index in [4.69, 9.17) is 21.1 Å². The van der Waals surface area contributed by atoms with Crippen molar-refractivity contribution >= 4 is 34.9 Å². The number of nitriles is 1. The van der Waals surface area contributed by atoms with Gasteiger partial charge in [0.25, 0.3) is 11.8 Å². The average Bonchev–Trinajstić information content (AvgIpc) is 3.34. The number of carbonyl (C=O) groups excluding carboxylic acids is 2. The predicted octanol–water partition coefficient (Wildman–Crippen LogP) is 3.07. The van der Waals surface area contributed by atoms with Crippen LogP contribution in [0.25, 0.3) is 0 Å². The highest BCUT2D eigenvalue weighted by atomic mass is 35.5. The number of fused-ring (bicyclic) bond motifs is 3. The van der Waals surface area contributed by atoms with E-state index < -0.39 is 41.3 Å². The Hall–Kier alpha value is -3.93. The molecule has 4 aliphatic heterocycles. The summed E-state index contributed by atoms with van der Waals surface area (Å²) in [6, 6.07) is 3.69. The molecule has 2 saturated heterocycles. The zero-order valence-electron chi connectivity index (χ0n) is 24.5. The van der Waals surface area contributed by atoms with Crippen molar-refractivity contribution in [2.45, 2.75) is 49.5 Å². The molecule has 5 heterocycles. The maximum atomic E-state index is 15.4. The molecule has 0 saturated carbocycles. The van der Waals surface area contributed by atoms with E-state index in [0.29, 0.717) is 22.7 Å². The number of rotatable bonds is 6. The highest BCUT2D eigenvalue weighted by Gasteiger charge is 2.52. The maximum Gasteiger partial charge on any atom is 0.318 e. The number of nitrogens with one attached hydrogen (secondary N) is 1. The van der Waals surface area contributed by atoms with Crippen molar-refractivity contribution in [3.63, 3.8) is 0 Å². The van der Waals surface area contributed by atoms with Gasteiger partial charge in [0, 0.05) is 49.2 Å². The van der Waals surface area contributed by atoms with Gasteiger partial charge in [0.2, 0.25) is 0 Å². The number of likely N-dealkylation sites (tertiary alicyclic amines) is 1. The molecule has 4 aliphatic rings. The second-order valence-electron chi connectivity index (χ2n) is 11.7. The number of alkyl halides is 1. The molecule has 1 aromatic carbocycles. The summed E-state index contributed by atoms with van der Waals surface area (Å²) < 4.78 is 55.3. The molecule has 6 rings (SSSR count). The molecule has 45 heavy (non-hydrogen) atoms. The molecule has 0 radical (unpaired) electrons. The number of piperazine rings is 1. The molecule has 0 aliphatic carbocycles. The van der Waals surface area contributed by atoms with Crippen LogP contribution in [0.15, 0.2) is 24.5 Å². The number of hydrogen-bond acceptors (Lipinski definition) is 9. The molecule has 3 unspecified atom stereocenters. The first-order valence-electron chi connectivity index (χ1n) is 14.6. The lowest BCUT2D eigenvalue weighted by molar-refractivity contribution is -0.146. The van der Waals surface area contributed by atoms with Crippen molar-refractivity contribution in [1.82, 2.24) is 19.8 Å². The van der Waals surface area contributed by atoms with E-state index in [9.17, 15) is 23.6 Å². The number of likely N-dealkylation sites (N-methyl/N-ethyl adjacent to an activating group) is 1. The first kappa shape index (κ1) is 31.1. The van der Waals surface area contributed by atoms with Crippen molar-refractivity contribution < 1.29 is 32.2 Å². The largest absolute Gasteiger partial charge is 0.462 e. The summed E-state index contributed by atoms with van der Waals surface area (Å²) >= 11 is 6.42. The quantitative estimate of drug-likeness (QED) is 0.472. The van der Waals surface area contributed by atoms with Crippen LogP contribution in [0, 0.1) is 17.1 Å². The van der Waals surface area contributed by atoms with Crippen molar-refractivity contribution in [2.24, 2.45) is 0 Å². The summed E-state index contributed by atoms with van der Waals surface area (Å²) in [6.45, 7) is 3.88. The van der Waals surface area contributed by atoms with Crippen LogP contribution in [0.2, 0.25) is 5.02 Å². The lowest BCUT2D eigenvalue weighted by atomic mass is 9.79. The first-order chi connectivity index (χ1) is 21.5. The normalized spacial score (nSPS) is 26.2. The number of halogens is 4. The van der Waals surface area contributed by atoms with E-state index in [-0.39, 0.29) is 87.8 Å². The maximum absolute atomic E-state index is 15.4. The zero-order valence-corrected chi connectivity index (χ0v) is 25.2. The Morgan fingerprint density at radius 3 is 2.82 bits per heavy atom. The van der Waals surface area contributed by atoms with Crippen LogP contribution in [-0.2, 0) is 32.8 Å². The second kappa shape index (κ2) is 12.1. The topological polar surface area (TPSA) is 124 Å². The van der Waals surface area contributed by atoms with E-state index in [0.717, 1.165) is 0 Å². The number of anilines is 2. The van der Waals surface area contributed by atoms with Crippen molar-refractivity contribution in [3.05, 3.63) is 52.2 Å². The molecule has 1 spiro atoms. The Morgan fingerprint density at radius 2 is 2.11 bits per heavy atom. The third-order valence-corrected chi connectivity index (χ3v) is 9.27. The molecular weight excluding hydrogens is 615 g/mol. The first-order valence-corrected chi connectivity index (χ1v) is 15.0. The second-order valence-corrected chi connectivity index (χ2v) is 12.1. The molecule has 11 nitrogen and oxygen atoms in total. The van der Waals surface area contributed by atoms with E-state index in [1.54, 1.807) is 11.9 Å². The van der Waals surface area contributed by atoms with Crippen molar-refractivity contribution in [1.29, 1.82) is 5.26 Å². The Bertz CT molecular complexity index is 1610. The Labute approximate surface area is 262 Å². The van der Waals surface area contributed by atoms with Crippen LogP contribution in [0.4, 0.5) is 24.7 Å². The van der Waals surface area contributed by atoms with Crippen LogP contribution >= 0.6 is 11.6 Å². The molecule has 4 atom stereocenters. The van der Waals surface area contributed by atoms with Crippen LogP contribution < -0.4 is 15.0 Å². The minimum absolute atomic E-state index is 0.0428. The molecule has 2 aromatic rings. The van der Waals surface area contributed by atoms with E-state index in [1.165, 1.54) is 17.0 Å². The summed E-state index contributed by atoms with van der Waals surface area (Å²) in [5, 5.41) is 12.6. The lowest BCUT2D eigenvalue weighted by Crippen LogP contribution is -2.56. The van der Waals surface area contributed by atoms with Gasteiger partial charge in [-0.1, -0.05) is 18.2 Å². The smallest absolute Gasteiger partial charge is 0.318 e. The Balaban J connectivity index is 1.40. The number of nitrogens with zero attached hydrogens (tertiary/aromatic N) is 6. The standard InChI is InChI=1S/C30H31ClF3N7O4/c1-16(32)27(42)41-9-8-40(14-18(41)5-7-35)26-25-23(36-29(38-26)44-15-19-11-17(33)13-39(19)2)12-30(28(43)37-25)24-20(6-10-45-30)21(31)3-4-22(24)34/h3-4,17-19H,1,5-6,8-15H2,2H3,(H,37,43)/t17?,18?,19-,30?/m0/s1. The fourth-order valence-corrected chi connectivity index (χ4v) is 6.92. The SMILES string of the molecule is C=C(F)C(=O)N1CCN(c2nc(OC[C@@H]3CC(F)CN3C)nc3c2NC(=O)C2(C3)OCCc3c(Cl)ccc(F)c32)CC1CC#N. The van der Waals surface area contributed by atoms with Gasteiger partial charge in [0.15, 0.2) is 17.2 Å². The number of benzene rings is 1. The van der Waals surface area contributed by atoms with Gasteiger partial charge in [-0.15, -0.1) is 0 Å². The fraction of sp³-hybridized carbons (Fsp3) is 0.500. The fourth-order valence-electron chi connectivity index (χ4n) is 6.67. The highest BCUT2D eigenvalue weighted by Crippen LogP contribution is 2.46. The van der Waals surface area contributed by atoms with Gasteiger partial charge >= 0.3 is 6.01 Å². The summed E-state index contributed by atoms with van der Waals surface area (Å²) in [6.07, 6.45) is -0.646. The molecule has 2 amide bonds. The third kappa shape index (κ3) is 5.57. The molecule has 2 fully saturated rings. The third-order valence-electron chi connectivity index (χ3n) is 8.92. The van der Waals surface area contributed by atoms with Gasteiger partial charge in [-0.2, -0.15) is 15.2 Å². The summed E-state index contributed by atoms with van der Waals surface area (Å²) in [4.78, 5) is 40.4. The molecule has 1 aromatic heterocycles. The van der Waals surface area contributed by atoms with Gasteiger partial charge in [0.05, 0.1) is 30.8 Å². The summed E-state index contributed by atoms with van der Waals surface area (Å²) in [5.41, 5.74) is -0.699. The number of carbonyl (C=O) groups is 2. The number of amides is 2. The van der Waals surface area contributed by atoms with Crippen LogP contribution in [0.3, 0.4) is 0 Å². The summed E-state index contributed by atoms with van der Waals surface area (Å²) in [7, 11) is 1.80. The predicted molar refractivity (Wildman–Crippen MR) is 157 cm³/mol. The number of hydrogen-bond donors (Lipinski definition) is 1. The number of ether oxygens (including phenoxy) is 2. The van der Waals surface area contributed by atoms with Crippen molar-refractivity contribution in [2.75, 3.05) is 56.7 Å². The van der Waals surface area contributed by atoms with E-state index in [1.807, 2.05) is 11.0 Å². The minimum atomic E-state index is -1.76. The molecule has 238 valence electrons. The van der Waals surface area contributed by atoms with E-state index >= 15 is 4.39 Å². The van der Waals surface area contributed by atoms with Crippen molar-refractivity contribution in [3.8, 4) is 12.1 Å². The van der Waals surface area contributed by atoms with Crippen LogP contribution in [0.5, 0.6) is 6.01 Å². The Morgan fingerprint density at radius 1 is 1.31 bits per heavy atom. The van der Waals surface area contributed by atoms with Gasteiger partial charge in [-0.3, -0.25) is 14.5 Å². The van der Waals surface area contributed by atoms with Crippen LogP contribution in [0.1, 0.15) is 29.7 Å². The molecular formula is C30H31ClF3N7O4. The summed E-state index contributed by atoms with van der Waals surface area (Å²) in [5.74, 6) is -3.06. The minimum Gasteiger partial charge on any atom is -0.462 e. The highest BCUT2D eigenvalue weighted by molar-refractivity contribution is 6.31. The molecule has 15 heteroatoms. The van der Waals surface area contributed by atoms with Gasteiger partial charge in [-0.25, -0.2) is 13.2 Å². The zero-order chi connectivity index (χ0) is 32.0. The molecule has 1 N–H and O–H groups in total. The van der Waals surface area contributed by atoms with Gasteiger partial charge in [0.1, 0.15) is 24.3 Å². The van der Waals surface area contributed by atoms with E-state index in [2.05, 4.69) is 21.9 Å². The monoisotopic (exact) mass is 645 g/mol. The Kier molecular flexibility index (Phi) is 8.36. The van der Waals surface area contributed by atoms with Crippen LogP contribution in [-0.4, -0.2) is 96.3 Å². The number of aromatic nitrogens is 2.